The van der Waals surface area contributed by atoms with Crippen LogP contribution in [0, 0.1) is 23.7 Å². The Balaban J connectivity index is 2.05. The van der Waals surface area contributed by atoms with Gasteiger partial charge in [0.2, 0.25) is 5.91 Å². The number of carbonyl (C=O) groups excluding carboxylic acids is 2. The highest BCUT2D eigenvalue weighted by molar-refractivity contribution is 5.98. The Morgan fingerprint density at radius 2 is 1.54 bits per heavy atom. The van der Waals surface area contributed by atoms with Crippen molar-refractivity contribution in [3.8, 4) is 11.5 Å². The van der Waals surface area contributed by atoms with Crippen LogP contribution in [0.15, 0.2) is 30.4 Å². The van der Waals surface area contributed by atoms with Crippen molar-refractivity contribution in [1.29, 1.82) is 0 Å². The fourth-order valence-electron chi connectivity index (χ4n) is 4.54. The van der Waals surface area contributed by atoms with E-state index in [9.17, 15) is 9.59 Å². The molecule has 2 atom stereocenters. The Hall–Kier alpha value is -2.34. The molecule has 1 aromatic carbocycles. The van der Waals surface area contributed by atoms with Crippen molar-refractivity contribution in [3.05, 3.63) is 35.9 Å². The predicted molar refractivity (Wildman–Crippen MR) is 140 cm³/mol. The third-order valence-corrected chi connectivity index (χ3v) is 6.83. The zero-order valence-corrected chi connectivity index (χ0v) is 22.5. The van der Waals surface area contributed by atoms with Gasteiger partial charge in [-0.1, -0.05) is 39.8 Å². The number of ether oxygens (including phenoxy) is 3. The van der Waals surface area contributed by atoms with Gasteiger partial charge in [-0.3, -0.25) is 9.59 Å². The molecule has 35 heavy (non-hydrogen) atoms. The van der Waals surface area contributed by atoms with Gasteiger partial charge in [0.1, 0.15) is 0 Å². The molecule has 6 heteroatoms. The molecule has 1 amide bonds. The number of methoxy groups -OCH3 is 2. The summed E-state index contributed by atoms with van der Waals surface area (Å²) in [5.41, 5.74) is 0.629. The third-order valence-electron chi connectivity index (χ3n) is 6.83. The van der Waals surface area contributed by atoms with Gasteiger partial charge in [-0.05, 0) is 55.7 Å². The van der Waals surface area contributed by atoms with Crippen LogP contribution in [0.1, 0.15) is 70.2 Å². The molecule has 196 valence electrons. The number of ketones is 1. The first kappa shape index (κ1) is 28.9. The summed E-state index contributed by atoms with van der Waals surface area (Å²) in [5, 5.41) is 0. The minimum absolute atomic E-state index is 0.00282. The van der Waals surface area contributed by atoms with Crippen molar-refractivity contribution in [2.24, 2.45) is 23.7 Å². The van der Waals surface area contributed by atoms with E-state index in [1.165, 1.54) is 0 Å². The fourth-order valence-corrected chi connectivity index (χ4v) is 4.54. The van der Waals surface area contributed by atoms with Crippen LogP contribution >= 0.6 is 0 Å². The molecule has 1 fully saturated rings. The lowest BCUT2D eigenvalue weighted by Crippen LogP contribution is -2.35. The van der Waals surface area contributed by atoms with E-state index < -0.39 is 0 Å². The van der Waals surface area contributed by atoms with E-state index in [0.717, 1.165) is 32.4 Å². The number of rotatable bonds is 15. The van der Waals surface area contributed by atoms with Crippen LogP contribution in [-0.4, -0.2) is 57.1 Å². The molecular formula is C29H45NO5. The zero-order valence-electron chi connectivity index (χ0n) is 22.5. The molecule has 0 aromatic heterocycles. The van der Waals surface area contributed by atoms with Crippen molar-refractivity contribution >= 4 is 11.7 Å². The molecular weight excluding hydrogens is 442 g/mol. The fraction of sp³-hybridized carbons (Fsp3) is 0.655. The van der Waals surface area contributed by atoms with Gasteiger partial charge in [0.25, 0.3) is 0 Å². The summed E-state index contributed by atoms with van der Waals surface area (Å²) >= 11 is 0. The molecule has 1 heterocycles. The standard InChI is InChI=1S/C29H45NO5/c1-21(2)24(12-7-8-13-25(22(3)4)29(32)30-16-9-10-17-30)28(31)23-14-15-26(34-6)27(20-23)35-19-11-18-33-5/h7-8,14-15,20-22,24-25H,9-13,16-19H2,1-6H3/b8-7+. The van der Waals surface area contributed by atoms with Crippen molar-refractivity contribution < 1.29 is 23.8 Å². The molecule has 0 N–H and O–H groups in total. The van der Waals surface area contributed by atoms with E-state index in [1.54, 1.807) is 26.4 Å². The van der Waals surface area contributed by atoms with Gasteiger partial charge in [-0.2, -0.15) is 0 Å². The maximum absolute atomic E-state index is 13.4. The van der Waals surface area contributed by atoms with Crippen molar-refractivity contribution in [2.75, 3.05) is 40.5 Å². The number of likely N-dealkylation sites (tertiary alicyclic amines) is 1. The summed E-state index contributed by atoms with van der Waals surface area (Å²) in [7, 11) is 3.26. The number of nitrogens with zero attached hydrogens (tertiary/aromatic N) is 1. The number of allylic oxidation sites excluding steroid dienone is 2. The maximum Gasteiger partial charge on any atom is 0.226 e. The highest BCUT2D eigenvalue weighted by atomic mass is 16.5. The first-order valence-electron chi connectivity index (χ1n) is 13.1. The molecule has 6 nitrogen and oxygen atoms in total. The third kappa shape index (κ3) is 8.68. The lowest BCUT2D eigenvalue weighted by atomic mass is 9.84. The molecule has 2 rings (SSSR count). The van der Waals surface area contributed by atoms with E-state index in [-0.39, 0.29) is 35.4 Å². The SMILES string of the molecule is COCCCOc1cc(C(=O)C(C/C=C/CC(C(=O)N2CCCC2)C(C)C)C(C)C)ccc1OC. The van der Waals surface area contributed by atoms with Crippen LogP contribution in [-0.2, 0) is 9.53 Å². The molecule has 0 bridgehead atoms. The van der Waals surface area contributed by atoms with E-state index in [1.807, 2.05) is 11.0 Å². The molecule has 0 aliphatic carbocycles. The highest BCUT2D eigenvalue weighted by Gasteiger charge is 2.28. The van der Waals surface area contributed by atoms with Crippen LogP contribution in [0.25, 0.3) is 0 Å². The van der Waals surface area contributed by atoms with E-state index >= 15 is 0 Å². The summed E-state index contributed by atoms with van der Waals surface area (Å²) in [4.78, 5) is 28.4. The number of Topliss-reactive ketones (excluding diaryl/α,β-unsaturated/α-hetero) is 1. The zero-order chi connectivity index (χ0) is 25.8. The second kappa shape index (κ2) is 14.9. The molecule has 1 aromatic rings. The lowest BCUT2D eigenvalue weighted by molar-refractivity contribution is -0.135. The van der Waals surface area contributed by atoms with Crippen molar-refractivity contribution in [3.63, 3.8) is 0 Å². The average Bonchev–Trinajstić information content (AvgIpc) is 3.38. The van der Waals surface area contributed by atoms with E-state index in [4.69, 9.17) is 14.2 Å². The second-order valence-corrected chi connectivity index (χ2v) is 10.1. The number of benzene rings is 1. The molecule has 2 unspecified atom stereocenters. The van der Waals surface area contributed by atoms with Crippen molar-refractivity contribution in [2.45, 2.75) is 59.8 Å². The lowest BCUT2D eigenvalue weighted by Gasteiger charge is -2.25. The molecule has 1 saturated heterocycles. The Labute approximate surface area is 212 Å². The van der Waals surface area contributed by atoms with Gasteiger partial charge < -0.3 is 19.1 Å². The Bertz CT molecular complexity index is 826. The minimum atomic E-state index is -0.146. The summed E-state index contributed by atoms with van der Waals surface area (Å²) in [6, 6.07) is 5.39. The smallest absolute Gasteiger partial charge is 0.226 e. The van der Waals surface area contributed by atoms with Gasteiger partial charge in [-0.15, -0.1) is 0 Å². The van der Waals surface area contributed by atoms with Gasteiger partial charge in [0.05, 0.1) is 13.7 Å². The predicted octanol–water partition coefficient (Wildman–Crippen LogP) is 5.80. The summed E-state index contributed by atoms with van der Waals surface area (Å²) < 4.78 is 16.4. The van der Waals surface area contributed by atoms with Crippen LogP contribution in [0.5, 0.6) is 11.5 Å². The van der Waals surface area contributed by atoms with Gasteiger partial charge in [0, 0.05) is 50.6 Å². The number of amides is 1. The summed E-state index contributed by atoms with van der Waals surface area (Å²) in [6.07, 6.45) is 8.52. The molecule has 0 radical (unpaired) electrons. The summed E-state index contributed by atoms with van der Waals surface area (Å²) in [5.74, 6) is 1.89. The minimum Gasteiger partial charge on any atom is -0.493 e. The highest BCUT2D eigenvalue weighted by Crippen LogP contribution is 2.31. The first-order chi connectivity index (χ1) is 16.8. The number of carbonyl (C=O) groups is 2. The van der Waals surface area contributed by atoms with E-state index in [0.29, 0.717) is 43.1 Å². The Kier molecular flexibility index (Phi) is 12.3. The van der Waals surface area contributed by atoms with Crippen LogP contribution in [0.2, 0.25) is 0 Å². The molecule has 1 aliphatic rings. The molecule has 1 aliphatic heterocycles. The molecule has 0 spiro atoms. The quantitative estimate of drug-likeness (QED) is 0.178. The first-order valence-corrected chi connectivity index (χ1v) is 13.1. The number of hydrogen-bond acceptors (Lipinski definition) is 5. The average molecular weight is 488 g/mol. The maximum atomic E-state index is 13.4. The monoisotopic (exact) mass is 487 g/mol. The Morgan fingerprint density at radius 1 is 0.914 bits per heavy atom. The molecule has 0 saturated carbocycles. The van der Waals surface area contributed by atoms with Gasteiger partial charge in [-0.25, -0.2) is 0 Å². The van der Waals surface area contributed by atoms with Crippen LogP contribution in [0.4, 0.5) is 0 Å². The number of hydrogen-bond donors (Lipinski definition) is 0. The van der Waals surface area contributed by atoms with Crippen LogP contribution in [0.3, 0.4) is 0 Å². The van der Waals surface area contributed by atoms with Gasteiger partial charge >= 0.3 is 0 Å². The second-order valence-electron chi connectivity index (χ2n) is 10.1. The van der Waals surface area contributed by atoms with Crippen molar-refractivity contribution in [1.82, 2.24) is 4.90 Å². The van der Waals surface area contributed by atoms with E-state index in [2.05, 4.69) is 39.8 Å². The Morgan fingerprint density at radius 3 is 2.11 bits per heavy atom. The van der Waals surface area contributed by atoms with Gasteiger partial charge in [0.15, 0.2) is 17.3 Å². The normalized spacial score (nSPS) is 15.7. The van der Waals surface area contributed by atoms with Crippen LogP contribution < -0.4 is 9.47 Å². The summed E-state index contributed by atoms with van der Waals surface area (Å²) in [6.45, 7) is 11.3. The topological polar surface area (TPSA) is 65.1 Å². The largest absolute Gasteiger partial charge is 0.493 e.